The minimum Gasteiger partial charge on any atom is -0.390 e. The van der Waals surface area contributed by atoms with Crippen molar-refractivity contribution in [3.8, 4) is 0 Å². The third-order valence-electron chi connectivity index (χ3n) is 2.52. The van der Waals surface area contributed by atoms with E-state index in [0.29, 0.717) is 24.4 Å². The predicted molar refractivity (Wildman–Crippen MR) is 61.5 cm³/mol. The van der Waals surface area contributed by atoms with Crippen LogP contribution in [0.3, 0.4) is 0 Å². The molecule has 0 amide bonds. The van der Waals surface area contributed by atoms with E-state index in [1.807, 2.05) is 0 Å². The highest BCUT2D eigenvalue weighted by molar-refractivity contribution is 6.59. The van der Waals surface area contributed by atoms with Crippen molar-refractivity contribution in [2.24, 2.45) is 0 Å². The van der Waals surface area contributed by atoms with Crippen LogP contribution in [0.15, 0.2) is 18.2 Å². The van der Waals surface area contributed by atoms with E-state index in [0.717, 1.165) is 6.07 Å². The molecule has 0 saturated heterocycles. The molecule has 6 heteroatoms. The molecule has 0 aliphatic rings. The first-order chi connectivity index (χ1) is 7.99. The molecule has 96 valence electrons. The molecule has 0 bridgehead atoms. The lowest BCUT2D eigenvalue weighted by molar-refractivity contribution is 0.150. The Morgan fingerprint density at radius 2 is 1.65 bits per heavy atom. The van der Waals surface area contributed by atoms with Crippen molar-refractivity contribution < 1.29 is 22.4 Å². The van der Waals surface area contributed by atoms with Crippen LogP contribution >= 0.6 is 0 Å². The molecule has 0 unspecified atom stereocenters. The van der Waals surface area contributed by atoms with Gasteiger partial charge in [0.25, 0.3) is 0 Å². The Morgan fingerprint density at radius 3 is 2.12 bits per heavy atom. The van der Waals surface area contributed by atoms with Crippen molar-refractivity contribution in [2.75, 3.05) is 14.2 Å². The Bertz CT molecular complexity index is 349. The molecule has 0 aromatic heterocycles. The normalized spacial score (nSPS) is 11.8. The highest BCUT2D eigenvalue weighted by Crippen LogP contribution is 2.15. The fourth-order valence-corrected chi connectivity index (χ4v) is 2.76. The van der Waals surface area contributed by atoms with Crippen molar-refractivity contribution in [2.45, 2.75) is 18.9 Å². The lowest BCUT2D eigenvalue weighted by atomic mass is 10.1. The lowest BCUT2D eigenvalue weighted by Gasteiger charge is -2.19. The molecule has 0 aliphatic carbocycles. The Morgan fingerprint density at radius 1 is 1.12 bits per heavy atom. The summed E-state index contributed by atoms with van der Waals surface area (Å²) in [5, 5.41) is 0. The van der Waals surface area contributed by atoms with Crippen LogP contribution in [0.4, 0.5) is 8.78 Å². The molecule has 0 atom stereocenters. The Kier molecular flexibility index (Phi) is 5.19. The van der Waals surface area contributed by atoms with Crippen LogP contribution in [-0.4, -0.2) is 27.8 Å². The smallest absolute Gasteiger partial charge is 0.390 e. The van der Waals surface area contributed by atoms with E-state index in [4.69, 9.17) is 8.85 Å². The Hall–Kier alpha value is -0.823. The zero-order valence-electron chi connectivity index (χ0n) is 9.87. The highest BCUT2D eigenvalue weighted by atomic mass is 28.4. The molecule has 1 rings (SSSR count). The maximum atomic E-state index is 12.9. The van der Waals surface area contributed by atoms with E-state index in [9.17, 15) is 13.6 Å². The van der Waals surface area contributed by atoms with Gasteiger partial charge in [-0.25, -0.2) is 8.78 Å². The summed E-state index contributed by atoms with van der Waals surface area (Å²) in [6.07, 6.45) is 1.02. The van der Waals surface area contributed by atoms with Crippen LogP contribution in [0.2, 0.25) is 6.04 Å². The minimum absolute atomic E-state index is 0.359. The first-order valence-electron chi connectivity index (χ1n) is 5.27. The average Bonchev–Trinajstić information content (AvgIpc) is 2.27. The fourth-order valence-electron chi connectivity index (χ4n) is 1.56. The van der Waals surface area contributed by atoms with Gasteiger partial charge in [-0.1, -0.05) is 0 Å². The van der Waals surface area contributed by atoms with Crippen LogP contribution in [0.1, 0.15) is 12.0 Å². The lowest BCUT2D eigenvalue weighted by Crippen LogP contribution is -2.40. The molecular formula is C11H16F2O3Si. The van der Waals surface area contributed by atoms with E-state index in [-0.39, 0.29) is 0 Å². The van der Waals surface area contributed by atoms with Crippen molar-refractivity contribution >= 4 is 8.80 Å². The van der Waals surface area contributed by atoms with Crippen molar-refractivity contribution in [3.05, 3.63) is 35.4 Å². The van der Waals surface area contributed by atoms with Crippen LogP contribution in [0.5, 0.6) is 0 Å². The number of hydrogen-bond donors (Lipinski definition) is 1. The molecule has 17 heavy (non-hydrogen) atoms. The number of aryl methyl sites for hydroxylation is 1. The zero-order valence-corrected chi connectivity index (χ0v) is 10.9. The highest BCUT2D eigenvalue weighted by Gasteiger charge is 2.33. The van der Waals surface area contributed by atoms with E-state index >= 15 is 0 Å². The summed E-state index contributed by atoms with van der Waals surface area (Å²) >= 11 is 0. The van der Waals surface area contributed by atoms with Gasteiger partial charge in [-0.05, 0) is 30.5 Å². The summed E-state index contributed by atoms with van der Waals surface area (Å²) in [7, 11) is -0.293. The molecule has 0 aliphatic heterocycles. The van der Waals surface area contributed by atoms with Gasteiger partial charge in [-0.2, -0.15) is 0 Å². The average molecular weight is 262 g/mol. The van der Waals surface area contributed by atoms with Gasteiger partial charge in [0.05, 0.1) is 0 Å². The van der Waals surface area contributed by atoms with Gasteiger partial charge in [-0.3, -0.25) is 0 Å². The van der Waals surface area contributed by atoms with Crippen LogP contribution in [-0.2, 0) is 15.3 Å². The van der Waals surface area contributed by atoms with Gasteiger partial charge < -0.3 is 13.6 Å². The van der Waals surface area contributed by atoms with Crippen molar-refractivity contribution in [1.29, 1.82) is 0 Å². The summed E-state index contributed by atoms with van der Waals surface area (Å²) in [4.78, 5) is 9.76. The Labute approximate surface area is 100 Å². The quantitative estimate of drug-likeness (QED) is 0.798. The molecule has 0 spiro atoms. The molecule has 0 radical (unpaired) electrons. The monoisotopic (exact) mass is 262 g/mol. The first kappa shape index (κ1) is 14.2. The van der Waals surface area contributed by atoms with Crippen LogP contribution < -0.4 is 0 Å². The molecule has 0 heterocycles. The number of hydrogen-bond acceptors (Lipinski definition) is 3. The first-order valence-corrected chi connectivity index (χ1v) is 7.24. The Balaban J connectivity index is 2.51. The zero-order chi connectivity index (χ0) is 12.9. The second-order valence-electron chi connectivity index (χ2n) is 3.75. The van der Waals surface area contributed by atoms with E-state index in [1.54, 1.807) is 0 Å². The van der Waals surface area contributed by atoms with Crippen LogP contribution in [0, 0.1) is 11.6 Å². The third-order valence-corrected chi connectivity index (χ3v) is 4.78. The maximum Gasteiger partial charge on any atom is 0.497 e. The standard InChI is InChI=1S/C11H16F2O3Si/c1-15-17(14,16-2)5-3-4-9-6-10(12)8-11(13)7-9/h6-8,14H,3-5H2,1-2H3. The second-order valence-corrected chi connectivity index (χ2v) is 6.49. The van der Waals surface area contributed by atoms with E-state index < -0.39 is 20.4 Å². The molecule has 0 fully saturated rings. The third kappa shape index (κ3) is 4.51. The molecule has 0 saturated carbocycles. The molecule has 3 nitrogen and oxygen atoms in total. The van der Waals surface area contributed by atoms with E-state index in [1.165, 1.54) is 26.4 Å². The van der Waals surface area contributed by atoms with Gasteiger partial charge >= 0.3 is 8.80 Å². The van der Waals surface area contributed by atoms with Crippen LogP contribution in [0.25, 0.3) is 0 Å². The summed E-state index contributed by atoms with van der Waals surface area (Å²) in [6.45, 7) is 0. The second kappa shape index (κ2) is 6.20. The summed E-state index contributed by atoms with van der Waals surface area (Å²) in [5.74, 6) is -1.18. The molecular weight excluding hydrogens is 246 g/mol. The summed E-state index contributed by atoms with van der Waals surface area (Å²) in [5.41, 5.74) is 0.561. The summed E-state index contributed by atoms with van der Waals surface area (Å²) in [6, 6.07) is 3.75. The number of benzene rings is 1. The van der Waals surface area contributed by atoms with Gasteiger partial charge in [0.1, 0.15) is 11.6 Å². The number of rotatable bonds is 6. The fraction of sp³-hybridized carbons (Fsp3) is 0.455. The molecule has 1 aromatic carbocycles. The molecule has 1 aromatic rings. The molecule has 1 N–H and O–H groups in total. The topological polar surface area (TPSA) is 38.7 Å². The minimum atomic E-state index is -3.07. The predicted octanol–water partition coefficient (Wildman–Crippen LogP) is 2.12. The van der Waals surface area contributed by atoms with Crippen molar-refractivity contribution in [1.82, 2.24) is 0 Å². The van der Waals surface area contributed by atoms with Gasteiger partial charge in [0.15, 0.2) is 0 Å². The largest absolute Gasteiger partial charge is 0.497 e. The van der Waals surface area contributed by atoms with Gasteiger partial charge in [0.2, 0.25) is 0 Å². The van der Waals surface area contributed by atoms with Crippen molar-refractivity contribution in [3.63, 3.8) is 0 Å². The van der Waals surface area contributed by atoms with Gasteiger partial charge in [0, 0.05) is 26.3 Å². The SMILES string of the molecule is CO[Si](O)(CCCc1cc(F)cc(F)c1)OC. The van der Waals surface area contributed by atoms with Gasteiger partial charge in [-0.15, -0.1) is 0 Å². The van der Waals surface area contributed by atoms with E-state index in [2.05, 4.69) is 0 Å². The number of halogens is 2. The summed E-state index contributed by atoms with van der Waals surface area (Å²) < 4.78 is 35.6. The maximum absolute atomic E-state index is 12.9.